The Bertz CT molecular complexity index is 1140. The fraction of sp³-hybridized carbons (Fsp3) is 0.125. The van der Waals surface area contributed by atoms with E-state index in [-0.39, 0.29) is 11.4 Å². The Hall–Kier alpha value is -2.93. The topological polar surface area (TPSA) is 72.5 Å². The van der Waals surface area contributed by atoms with Gasteiger partial charge in [0.2, 0.25) is 10.0 Å². The van der Waals surface area contributed by atoms with Crippen molar-refractivity contribution in [1.29, 1.82) is 0 Å². The van der Waals surface area contributed by atoms with Gasteiger partial charge in [-0.25, -0.2) is 17.9 Å². The predicted octanol–water partition coefficient (Wildman–Crippen LogP) is 4.92. The summed E-state index contributed by atoms with van der Waals surface area (Å²) in [5.74, 6) is -0.585. The zero-order chi connectivity index (χ0) is 22.3. The highest BCUT2D eigenvalue weighted by molar-refractivity contribution is 7.89. The molecule has 7 heteroatoms. The first-order valence-electron chi connectivity index (χ1n) is 9.59. The van der Waals surface area contributed by atoms with Gasteiger partial charge in [-0.3, -0.25) is 0 Å². The summed E-state index contributed by atoms with van der Waals surface area (Å²) in [5.41, 5.74) is 2.43. The molecule has 0 radical (unpaired) electrons. The largest absolute Gasteiger partial charge is 0.453 e. The van der Waals surface area contributed by atoms with E-state index in [9.17, 15) is 13.2 Å². The molecule has 3 rings (SSSR count). The van der Waals surface area contributed by atoms with Crippen molar-refractivity contribution in [1.82, 2.24) is 4.72 Å². The maximum absolute atomic E-state index is 12.6. The summed E-state index contributed by atoms with van der Waals surface area (Å²) in [6.45, 7) is 1.76. The molecule has 31 heavy (non-hydrogen) atoms. The molecule has 0 aliphatic heterocycles. The standard InChI is InChI=1S/C24H22ClNO4S/c1-18-7-14-22(15-8-18)31(28,29)26-17-23(20-10-12-21(25)13-11-20)30-24(27)16-9-19-5-3-2-4-6-19/h2-16,23,26H,17H2,1H3/b16-9+. The van der Waals surface area contributed by atoms with Crippen LogP contribution >= 0.6 is 11.6 Å². The summed E-state index contributed by atoms with van der Waals surface area (Å²) in [5, 5.41) is 0.526. The van der Waals surface area contributed by atoms with Crippen LogP contribution in [0.4, 0.5) is 0 Å². The molecule has 5 nitrogen and oxygen atoms in total. The number of halogens is 1. The van der Waals surface area contributed by atoms with Gasteiger partial charge in [0.1, 0.15) is 6.10 Å². The summed E-state index contributed by atoms with van der Waals surface area (Å²) in [6.07, 6.45) is 2.12. The maximum Gasteiger partial charge on any atom is 0.331 e. The highest BCUT2D eigenvalue weighted by Crippen LogP contribution is 2.21. The van der Waals surface area contributed by atoms with E-state index in [0.717, 1.165) is 11.1 Å². The molecule has 0 aromatic heterocycles. The summed E-state index contributed by atoms with van der Waals surface area (Å²) < 4.78 is 33.4. The van der Waals surface area contributed by atoms with E-state index in [1.165, 1.54) is 18.2 Å². The monoisotopic (exact) mass is 455 g/mol. The molecule has 3 aromatic rings. The Balaban J connectivity index is 1.75. The van der Waals surface area contributed by atoms with Gasteiger partial charge in [-0.2, -0.15) is 0 Å². The molecule has 0 saturated carbocycles. The van der Waals surface area contributed by atoms with Gasteiger partial charge in [-0.15, -0.1) is 0 Å². The summed E-state index contributed by atoms with van der Waals surface area (Å²) >= 11 is 5.95. The lowest BCUT2D eigenvalue weighted by molar-refractivity contribution is -0.143. The Labute approximate surface area is 187 Å². The number of carbonyl (C=O) groups excluding carboxylic acids is 1. The maximum atomic E-state index is 12.6. The number of nitrogens with one attached hydrogen (secondary N) is 1. The van der Waals surface area contributed by atoms with Gasteiger partial charge < -0.3 is 4.74 Å². The lowest BCUT2D eigenvalue weighted by atomic mass is 10.1. The fourth-order valence-electron chi connectivity index (χ4n) is 2.80. The molecule has 0 saturated heterocycles. The van der Waals surface area contributed by atoms with Crippen molar-refractivity contribution in [2.45, 2.75) is 17.9 Å². The fourth-order valence-corrected chi connectivity index (χ4v) is 3.96. The number of rotatable bonds is 8. The minimum absolute atomic E-state index is 0.122. The molecule has 0 heterocycles. The van der Waals surface area contributed by atoms with Crippen molar-refractivity contribution >= 4 is 33.7 Å². The highest BCUT2D eigenvalue weighted by Gasteiger charge is 2.21. The molecule has 0 aliphatic rings. The van der Waals surface area contributed by atoms with E-state index in [0.29, 0.717) is 10.6 Å². The van der Waals surface area contributed by atoms with Crippen LogP contribution in [0.1, 0.15) is 22.8 Å². The quantitative estimate of drug-likeness (QED) is 0.386. The zero-order valence-electron chi connectivity index (χ0n) is 16.9. The molecule has 0 bridgehead atoms. The van der Waals surface area contributed by atoms with Gasteiger partial charge in [0.05, 0.1) is 11.4 Å². The summed E-state index contributed by atoms with van der Waals surface area (Å²) in [6, 6.07) is 22.5. The van der Waals surface area contributed by atoms with Gasteiger partial charge in [0, 0.05) is 11.1 Å². The number of benzene rings is 3. The molecule has 0 spiro atoms. The smallest absolute Gasteiger partial charge is 0.331 e. The van der Waals surface area contributed by atoms with Crippen LogP contribution in [0.15, 0.2) is 89.8 Å². The number of sulfonamides is 1. The van der Waals surface area contributed by atoms with Crippen LogP contribution < -0.4 is 4.72 Å². The van der Waals surface area contributed by atoms with Crippen LogP contribution in [0, 0.1) is 6.92 Å². The van der Waals surface area contributed by atoms with Crippen molar-refractivity contribution in [2.75, 3.05) is 6.54 Å². The van der Waals surface area contributed by atoms with Crippen LogP contribution in [0.2, 0.25) is 5.02 Å². The van der Waals surface area contributed by atoms with E-state index < -0.39 is 22.1 Å². The van der Waals surface area contributed by atoms with Gasteiger partial charge in [-0.05, 0) is 48.4 Å². The van der Waals surface area contributed by atoms with Crippen LogP contribution in [0.25, 0.3) is 6.08 Å². The second kappa shape index (κ2) is 10.4. The molecule has 1 N–H and O–H groups in total. The van der Waals surface area contributed by atoms with Crippen molar-refractivity contribution in [3.05, 3.63) is 107 Å². The van der Waals surface area contributed by atoms with Crippen LogP contribution in [-0.2, 0) is 19.6 Å². The Morgan fingerprint density at radius 2 is 1.65 bits per heavy atom. The third kappa shape index (κ3) is 6.79. The number of hydrogen-bond acceptors (Lipinski definition) is 4. The van der Waals surface area contributed by atoms with Gasteiger partial charge in [0.15, 0.2) is 0 Å². The molecular formula is C24H22ClNO4S. The van der Waals surface area contributed by atoms with E-state index in [2.05, 4.69) is 4.72 Å². The number of aryl methyl sites for hydroxylation is 1. The molecular weight excluding hydrogens is 434 g/mol. The number of ether oxygens (including phenoxy) is 1. The van der Waals surface area contributed by atoms with Gasteiger partial charge >= 0.3 is 5.97 Å². The average molecular weight is 456 g/mol. The lowest BCUT2D eigenvalue weighted by Gasteiger charge is -2.18. The lowest BCUT2D eigenvalue weighted by Crippen LogP contribution is -2.30. The van der Waals surface area contributed by atoms with Crippen LogP contribution in [-0.4, -0.2) is 20.9 Å². The molecule has 160 valence electrons. The molecule has 0 aliphatic carbocycles. The SMILES string of the molecule is Cc1ccc(S(=O)(=O)NCC(OC(=O)/C=C/c2ccccc2)c2ccc(Cl)cc2)cc1. The number of carbonyl (C=O) groups is 1. The first kappa shape index (κ1) is 22.7. The van der Waals surface area contributed by atoms with Gasteiger partial charge in [-0.1, -0.05) is 71.8 Å². The third-order valence-electron chi connectivity index (χ3n) is 4.50. The zero-order valence-corrected chi connectivity index (χ0v) is 18.4. The second-order valence-electron chi connectivity index (χ2n) is 6.89. The van der Waals surface area contributed by atoms with Crippen molar-refractivity contribution < 1.29 is 17.9 Å². The van der Waals surface area contributed by atoms with Crippen LogP contribution in [0.5, 0.6) is 0 Å². The van der Waals surface area contributed by atoms with Crippen molar-refractivity contribution in [2.24, 2.45) is 0 Å². The minimum atomic E-state index is -3.76. The Morgan fingerprint density at radius 1 is 1.00 bits per heavy atom. The van der Waals surface area contributed by atoms with Gasteiger partial charge in [0.25, 0.3) is 0 Å². The normalized spacial score (nSPS) is 12.6. The number of esters is 1. The highest BCUT2D eigenvalue weighted by atomic mass is 35.5. The molecule has 1 atom stereocenters. The number of hydrogen-bond donors (Lipinski definition) is 1. The summed E-state index contributed by atoms with van der Waals surface area (Å²) in [7, 11) is -3.76. The molecule has 1 unspecified atom stereocenters. The summed E-state index contributed by atoms with van der Waals surface area (Å²) in [4.78, 5) is 12.5. The van der Waals surface area contributed by atoms with Crippen molar-refractivity contribution in [3.8, 4) is 0 Å². The van der Waals surface area contributed by atoms with Crippen molar-refractivity contribution in [3.63, 3.8) is 0 Å². The average Bonchev–Trinajstić information content (AvgIpc) is 2.77. The van der Waals surface area contributed by atoms with E-state index >= 15 is 0 Å². The first-order chi connectivity index (χ1) is 14.8. The molecule has 0 fully saturated rings. The molecule has 0 amide bonds. The van der Waals surface area contributed by atoms with E-state index in [4.69, 9.17) is 16.3 Å². The molecule has 3 aromatic carbocycles. The van der Waals surface area contributed by atoms with E-state index in [1.807, 2.05) is 37.3 Å². The van der Waals surface area contributed by atoms with Crippen LogP contribution in [0.3, 0.4) is 0 Å². The second-order valence-corrected chi connectivity index (χ2v) is 9.09. The van der Waals surface area contributed by atoms with E-state index in [1.54, 1.807) is 42.5 Å². The third-order valence-corrected chi connectivity index (χ3v) is 6.19. The predicted molar refractivity (Wildman–Crippen MR) is 122 cm³/mol. The Morgan fingerprint density at radius 3 is 2.29 bits per heavy atom. The Kier molecular flexibility index (Phi) is 7.63. The first-order valence-corrected chi connectivity index (χ1v) is 11.5. The minimum Gasteiger partial charge on any atom is -0.453 e.